The molecular formula is C62H50Ir3N12-6. The van der Waals surface area contributed by atoms with Crippen LogP contribution in [-0.2, 0) is 60.3 Å². The molecule has 0 amide bonds. The second kappa shape index (κ2) is 25.1. The first-order valence-corrected chi connectivity index (χ1v) is 24.3. The molecule has 3 radical (unpaired) electrons. The monoisotopic (exact) mass is 1540 g/mol. The normalized spacial score (nSPS) is 12.6. The van der Waals surface area contributed by atoms with E-state index in [0.29, 0.717) is 0 Å². The van der Waals surface area contributed by atoms with Crippen molar-refractivity contribution in [2.24, 2.45) is 0 Å². The van der Waals surface area contributed by atoms with E-state index < -0.39 is 0 Å². The molecule has 3 aliphatic rings. The van der Waals surface area contributed by atoms with E-state index >= 15 is 0 Å². The van der Waals surface area contributed by atoms with E-state index in [-0.39, 0.29) is 60.3 Å². The summed E-state index contributed by atoms with van der Waals surface area (Å²) in [5.74, 6) is 4.95. The maximum Gasteiger partial charge on any atom is 0.146 e. The van der Waals surface area contributed by atoms with Crippen molar-refractivity contribution in [1.82, 2.24) is 29.9 Å². The van der Waals surface area contributed by atoms with Crippen LogP contribution in [0.2, 0.25) is 0 Å². The fraction of sp³-hybridized carbons (Fsp3) is 0.0806. The zero-order chi connectivity index (χ0) is 50.5. The van der Waals surface area contributed by atoms with Gasteiger partial charge >= 0.3 is 0 Å². The first kappa shape index (κ1) is 55.8. The molecule has 0 fully saturated rings. The number of nitrogens with zero attached hydrogens (tertiary/aromatic N) is 12. The van der Waals surface area contributed by atoms with Crippen molar-refractivity contribution in [3.8, 4) is 11.1 Å². The fourth-order valence-electron chi connectivity index (χ4n) is 8.92. The molecule has 3 aliphatic heterocycles. The van der Waals surface area contributed by atoms with E-state index in [4.69, 9.17) is 9.97 Å². The Morgan fingerprint density at radius 2 is 0.649 bits per heavy atom. The minimum absolute atomic E-state index is 0. The van der Waals surface area contributed by atoms with Gasteiger partial charge in [-0.15, -0.1) is 37.1 Å². The number of benzene rings is 7. The van der Waals surface area contributed by atoms with E-state index in [1.165, 1.54) is 16.7 Å². The minimum atomic E-state index is 0. The fourth-order valence-corrected chi connectivity index (χ4v) is 8.92. The number of rotatable bonds is 7. The zero-order valence-electron chi connectivity index (χ0n) is 42.6. The van der Waals surface area contributed by atoms with Crippen LogP contribution in [0.1, 0.15) is 28.2 Å². The molecule has 0 N–H and O–H groups in total. The number of hydrogen-bond acceptors (Lipinski definition) is 12. The van der Waals surface area contributed by atoms with E-state index in [1.807, 2.05) is 159 Å². The molecule has 7 aromatic carbocycles. The summed E-state index contributed by atoms with van der Waals surface area (Å²) in [4.78, 5) is 40.4. The molecule has 6 heterocycles. The minimum Gasteiger partial charge on any atom is -0.477 e. The van der Waals surface area contributed by atoms with Crippen LogP contribution >= 0.6 is 0 Å². The van der Waals surface area contributed by atoms with Gasteiger partial charge in [-0.05, 0) is 69.5 Å². The molecule has 77 heavy (non-hydrogen) atoms. The third-order valence-corrected chi connectivity index (χ3v) is 12.5. The molecule has 0 saturated carbocycles. The van der Waals surface area contributed by atoms with Crippen molar-refractivity contribution >= 4 is 69.0 Å². The number of hydrogen-bond donors (Lipinski definition) is 0. The number of aryl methyl sites for hydroxylation is 5. The zero-order valence-corrected chi connectivity index (χ0v) is 49.8. The molecule has 0 saturated heterocycles. The Hall–Kier alpha value is -7.47. The van der Waals surface area contributed by atoms with Crippen LogP contribution in [0.3, 0.4) is 0 Å². The summed E-state index contributed by atoms with van der Waals surface area (Å²) < 4.78 is 0. The molecule has 0 atom stereocenters. The third-order valence-electron chi connectivity index (χ3n) is 12.5. The van der Waals surface area contributed by atoms with Crippen molar-refractivity contribution in [3.63, 3.8) is 0 Å². The SMILES string of the molecule is Cc1cnc2c(n1)N(c1[c-]cccc1)[CH-]N2c1ccccc1C.Cc1cnc2c(n1)N(c1ccccc1-c1ccccc1)[CH-]N2c1[c-]cccc1.Cc1cnc2c(n1)N(c1ccccc1C)[CH-]N2c1[c-]cccc1.[Ir].[Ir].[Ir]. The van der Waals surface area contributed by atoms with Crippen molar-refractivity contribution in [3.05, 3.63) is 261 Å². The van der Waals surface area contributed by atoms with E-state index in [2.05, 4.69) is 139 Å². The van der Waals surface area contributed by atoms with Gasteiger partial charge in [0.25, 0.3) is 0 Å². The number of fused-ring (bicyclic) bond motifs is 3. The predicted octanol–water partition coefficient (Wildman–Crippen LogP) is 14.3. The summed E-state index contributed by atoms with van der Waals surface area (Å²) in [6.45, 7) is 16.2. The van der Waals surface area contributed by atoms with Gasteiger partial charge in [-0.1, -0.05) is 84.9 Å². The van der Waals surface area contributed by atoms with Crippen LogP contribution in [0, 0.1) is 72.8 Å². The van der Waals surface area contributed by atoms with Crippen molar-refractivity contribution in [1.29, 1.82) is 0 Å². The quantitative estimate of drug-likeness (QED) is 0.142. The van der Waals surface area contributed by atoms with Crippen LogP contribution in [0.4, 0.5) is 69.0 Å². The van der Waals surface area contributed by atoms with E-state index in [9.17, 15) is 0 Å². The summed E-state index contributed by atoms with van der Waals surface area (Å²) in [7, 11) is 0. The Labute approximate surface area is 491 Å². The molecule has 15 heteroatoms. The van der Waals surface area contributed by atoms with Gasteiger partial charge in [-0.2, -0.15) is 91.0 Å². The Balaban J connectivity index is 0.000000151. The standard InChI is InChI=1S/C24H18N4.2C19H16N4.3Ir/c1-18-16-25-23-24(26-18)28(17-27(23)20-12-6-3-7-13-20)22-15-9-8-14-21(22)19-10-4-2-5-11-19;1-14-8-6-7-11-17(14)23-13-22(16-9-4-3-5-10-16)19-18(23)20-12-15(2)21-19;1-14-8-6-7-11-17(14)23-13-22(16-9-4-3-5-10-16)18-19(23)21-15(2)12-20-18;;;/h2-12,14-17H,1H3;2*3-9,11-13H,1-2H3;;;/q3*-2;;;. The van der Waals surface area contributed by atoms with Gasteiger partial charge in [0.2, 0.25) is 0 Å². The summed E-state index contributed by atoms with van der Waals surface area (Å²) >= 11 is 0. The van der Waals surface area contributed by atoms with Crippen LogP contribution in [-0.4, -0.2) is 29.9 Å². The van der Waals surface area contributed by atoms with Gasteiger partial charge < -0.3 is 29.4 Å². The smallest absolute Gasteiger partial charge is 0.146 e. The average Bonchev–Trinajstić information content (AvgIpc) is 4.14. The van der Waals surface area contributed by atoms with Gasteiger partial charge in [0.05, 0.1) is 35.7 Å². The molecule has 0 spiro atoms. The number of aromatic nitrogens is 6. The molecule has 0 aliphatic carbocycles. The van der Waals surface area contributed by atoms with E-state index in [0.717, 1.165) is 91.7 Å². The van der Waals surface area contributed by atoms with Crippen LogP contribution in [0.5, 0.6) is 0 Å². The van der Waals surface area contributed by atoms with Gasteiger partial charge in [0.1, 0.15) is 34.9 Å². The second-order valence-corrected chi connectivity index (χ2v) is 17.7. The first-order chi connectivity index (χ1) is 36.3. The summed E-state index contributed by atoms with van der Waals surface area (Å²) in [6, 6.07) is 68.8. The van der Waals surface area contributed by atoms with Crippen LogP contribution in [0.15, 0.2) is 195 Å². The summed E-state index contributed by atoms with van der Waals surface area (Å²) in [5, 5.41) is 0. The Morgan fingerprint density at radius 3 is 1.06 bits per heavy atom. The molecule has 10 aromatic rings. The predicted molar refractivity (Wildman–Crippen MR) is 296 cm³/mol. The Bertz CT molecular complexity index is 3560. The largest absolute Gasteiger partial charge is 0.477 e. The van der Waals surface area contributed by atoms with Crippen molar-refractivity contribution < 1.29 is 60.3 Å². The number of para-hydroxylation sites is 6. The van der Waals surface area contributed by atoms with Crippen molar-refractivity contribution in [2.45, 2.75) is 34.6 Å². The van der Waals surface area contributed by atoms with Gasteiger partial charge in [0, 0.05) is 82.9 Å². The molecule has 12 nitrogen and oxygen atoms in total. The van der Waals surface area contributed by atoms with Crippen molar-refractivity contribution in [2.75, 3.05) is 29.4 Å². The molecule has 0 unspecified atom stereocenters. The van der Waals surface area contributed by atoms with E-state index in [1.54, 1.807) is 18.6 Å². The molecular weight excluding hydrogens is 1490 g/mol. The third kappa shape index (κ3) is 11.8. The van der Waals surface area contributed by atoms with Crippen LogP contribution < -0.4 is 29.4 Å². The second-order valence-electron chi connectivity index (χ2n) is 17.7. The van der Waals surface area contributed by atoms with Gasteiger partial charge in [-0.3, -0.25) is 0 Å². The topological polar surface area (TPSA) is 96.8 Å². The van der Waals surface area contributed by atoms with Gasteiger partial charge in [-0.25, -0.2) is 29.9 Å². The first-order valence-electron chi connectivity index (χ1n) is 24.3. The maximum absolute atomic E-state index is 4.80. The molecule has 13 rings (SSSR count). The molecule has 391 valence electrons. The number of anilines is 12. The summed E-state index contributed by atoms with van der Waals surface area (Å²) in [6.07, 6.45) is 5.40. The van der Waals surface area contributed by atoms with Crippen LogP contribution in [0.25, 0.3) is 11.1 Å². The Kier molecular flexibility index (Phi) is 18.2. The Morgan fingerprint density at radius 1 is 0.325 bits per heavy atom. The molecule has 3 aromatic heterocycles. The molecule has 0 bridgehead atoms. The van der Waals surface area contributed by atoms with Gasteiger partial charge in [0.15, 0.2) is 0 Å². The summed E-state index contributed by atoms with van der Waals surface area (Å²) in [5.41, 5.74) is 13.5. The average molecular weight is 1540 g/mol. The maximum atomic E-state index is 4.80.